The second kappa shape index (κ2) is 5.68. The Morgan fingerprint density at radius 1 is 1.45 bits per heavy atom. The Balaban J connectivity index is 1.94. The predicted molar refractivity (Wildman–Crippen MR) is 70.1 cm³/mol. The molecule has 0 aliphatic heterocycles. The molecular weight excluding hydrogens is 263 g/mol. The topological polar surface area (TPSA) is 83.0 Å². The van der Waals surface area contributed by atoms with E-state index in [1.54, 1.807) is 13.8 Å². The number of aryl methyl sites for hydroxylation is 1. The number of hydrogen-bond donors (Lipinski definition) is 1. The predicted octanol–water partition coefficient (Wildman–Crippen LogP) is 1.36. The highest BCUT2D eigenvalue weighted by Crippen LogP contribution is 2.14. The van der Waals surface area contributed by atoms with Crippen LogP contribution in [0.5, 0.6) is 0 Å². The molecule has 0 saturated heterocycles. The number of halogens is 1. The van der Waals surface area contributed by atoms with Crippen LogP contribution in [0.1, 0.15) is 17.0 Å². The Morgan fingerprint density at radius 3 is 2.80 bits per heavy atom. The van der Waals surface area contributed by atoms with E-state index >= 15 is 0 Å². The standard InChI is InChI=1S/C13H15FN4O2/c1-8-13(15)9(2)18(17-8)6-12(19)20-7-10-3-11(14)5-16-4-10/h3-5H,6-7,15H2,1-2H3. The van der Waals surface area contributed by atoms with E-state index < -0.39 is 11.8 Å². The zero-order valence-electron chi connectivity index (χ0n) is 11.3. The summed E-state index contributed by atoms with van der Waals surface area (Å²) >= 11 is 0. The van der Waals surface area contributed by atoms with Crippen LogP contribution >= 0.6 is 0 Å². The number of carbonyl (C=O) groups is 1. The van der Waals surface area contributed by atoms with Gasteiger partial charge in [-0.2, -0.15) is 5.10 Å². The largest absolute Gasteiger partial charge is 0.459 e. The number of hydrogen-bond acceptors (Lipinski definition) is 5. The van der Waals surface area contributed by atoms with Crippen LogP contribution in [0, 0.1) is 19.7 Å². The van der Waals surface area contributed by atoms with Crippen molar-refractivity contribution in [3.05, 3.63) is 41.2 Å². The number of anilines is 1. The number of nitrogen functional groups attached to an aromatic ring is 1. The molecule has 0 amide bonds. The van der Waals surface area contributed by atoms with E-state index in [1.807, 2.05) is 0 Å². The smallest absolute Gasteiger partial charge is 0.328 e. The molecule has 0 aromatic carbocycles. The van der Waals surface area contributed by atoms with Crippen LogP contribution in [0.2, 0.25) is 0 Å². The molecule has 6 nitrogen and oxygen atoms in total. The second-order valence-electron chi connectivity index (χ2n) is 4.41. The van der Waals surface area contributed by atoms with Gasteiger partial charge in [-0.15, -0.1) is 0 Å². The minimum absolute atomic E-state index is 0.0294. The lowest BCUT2D eigenvalue weighted by atomic mass is 10.3. The van der Waals surface area contributed by atoms with Crippen molar-refractivity contribution in [2.24, 2.45) is 0 Å². The molecule has 106 valence electrons. The Bertz CT molecular complexity index is 639. The van der Waals surface area contributed by atoms with Gasteiger partial charge >= 0.3 is 5.97 Å². The van der Waals surface area contributed by atoms with Crippen LogP contribution in [0.3, 0.4) is 0 Å². The normalized spacial score (nSPS) is 10.6. The summed E-state index contributed by atoms with van der Waals surface area (Å²) in [4.78, 5) is 15.4. The maximum absolute atomic E-state index is 12.9. The minimum atomic E-state index is -0.472. The fraction of sp³-hybridized carbons (Fsp3) is 0.308. The maximum Gasteiger partial charge on any atom is 0.328 e. The van der Waals surface area contributed by atoms with Crippen molar-refractivity contribution in [1.82, 2.24) is 14.8 Å². The van der Waals surface area contributed by atoms with Gasteiger partial charge in [-0.25, -0.2) is 4.39 Å². The molecule has 0 atom stereocenters. The molecule has 0 spiro atoms. The van der Waals surface area contributed by atoms with E-state index in [9.17, 15) is 9.18 Å². The molecular formula is C13H15FN4O2. The Hall–Kier alpha value is -2.44. The molecule has 0 unspecified atom stereocenters. The fourth-order valence-corrected chi connectivity index (χ4v) is 1.73. The molecule has 2 N–H and O–H groups in total. The van der Waals surface area contributed by atoms with Gasteiger partial charge < -0.3 is 10.5 Å². The summed E-state index contributed by atoms with van der Waals surface area (Å²) in [5.74, 6) is -0.940. The van der Waals surface area contributed by atoms with Crippen molar-refractivity contribution in [2.45, 2.75) is 27.0 Å². The number of esters is 1. The molecule has 0 fully saturated rings. The molecule has 0 saturated carbocycles. The first-order valence-corrected chi connectivity index (χ1v) is 6.02. The zero-order valence-corrected chi connectivity index (χ0v) is 11.3. The summed E-state index contributed by atoms with van der Waals surface area (Å²) in [5.41, 5.74) is 8.21. The molecule has 2 heterocycles. The number of rotatable bonds is 4. The van der Waals surface area contributed by atoms with Crippen LogP contribution in [-0.2, 0) is 22.7 Å². The molecule has 0 aliphatic rings. The van der Waals surface area contributed by atoms with E-state index in [0.29, 0.717) is 22.6 Å². The number of carbonyl (C=O) groups excluding carboxylic acids is 1. The summed E-state index contributed by atoms with van der Waals surface area (Å²) in [7, 11) is 0. The second-order valence-corrected chi connectivity index (χ2v) is 4.41. The Labute approximate surface area is 115 Å². The third-order valence-electron chi connectivity index (χ3n) is 2.88. The lowest BCUT2D eigenvalue weighted by Gasteiger charge is -2.06. The first-order chi connectivity index (χ1) is 9.47. The van der Waals surface area contributed by atoms with Crippen molar-refractivity contribution in [3.63, 3.8) is 0 Å². The molecule has 0 bridgehead atoms. The van der Waals surface area contributed by atoms with Gasteiger partial charge in [-0.1, -0.05) is 0 Å². The summed E-state index contributed by atoms with van der Waals surface area (Å²) in [6.45, 7) is 3.48. The molecule has 20 heavy (non-hydrogen) atoms. The highest BCUT2D eigenvalue weighted by molar-refractivity contribution is 5.69. The highest BCUT2D eigenvalue weighted by Gasteiger charge is 2.12. The first-order valence-electron chi connectivity index (χ1n) is 6.02. The van der Waals surface area contributed by atoms with Gasteiger partial charge in [0, 0.05) is 11.8 Å². The van der Waals surface area contributed by atoms with Crippen LogP contribution in [-0.4, -0.2) is 20.7 Å². The van der Waals surface area contributed by atoms with E-state index in [4.69, 9.17) is 10.5 Å². The van der Waals surface area contributed by atoms with E-state index in [-0.39, 0.29) is 13.2 Å². The maximum atomic E-state index is 12.9. The highest BCUT2D eigenvalue weighted by atomic mass is 19.1. The number of nitrogens with two attached hydrogens (primary N) is 1. The minimum Gasteiger partial charge on any atom is -0.459 e. The van der Waals surface area contributed by atoms with Gasteiger partial charge in [0.1, 0.15) is 19.0 Å². The fourth-order valence-electron chi connectivity index (χ4n) is 1.73. The van der Waals surface area contributed by atoms with Crippen molar-refractivity contribution in [2.75, 3.05) is 5.73 Å². The first kappa shape index (κ1) is 14.0. The van der Waals surface area contributed by atoms with E-state index in [0.717, 1.165) is 6.20 Å². The Kier molecular flexibility index (Phi) is 3.97. The molecule has 7 heteroatoms. The van der Waals surface area contributed by atoms with Crippen LogP contribution in [0.4, 0.5) is 10.1 Å². The average molecular weight is 278 g/mol. The van der Waals surface area contributed by atoms with Gasteiger partial charge in [0.05, 0.1) is 23.3 Å². The summed E-state index contributed by atoms with van der Waals surface area (Å²) < 4.78 is 19.4. The number of ether oxygens (including phenoxy) is 1. The van der Waals surface area contributed by atoms with Gasteiger partial charge in [0.2, 0.25) is 0 Å². The van der Waals surface area contributed by atoms with Gasteiger partial charge in [0.15, 0.2) is 0 Å². The molecule has 2 aromatic heterocycles. The van der Waals surface area contributed by atoms with Gasteiger partial charge in [-0.3, -0.25) is 14.5 Å². The summed E-state index contributed by atoms with van der Waals surface area (Å²) in [6, 6.07) is 1.27. The number of pyridine rings is 1. The number of nitrogens with zero attached hydrogens (tertiary/aromatic N) is 3. The Morgan fingerprint density at radius 2 is 2.20 bits per heavy atom. The molecule has 2 rings (SSSR count). The molecule has 2 aromatic rings. The number of aromatic nitrogens is 3. The van der Waals surface area contributed by atoms with Crippen LogP contribution in [0.25, 0.3) is 0 Å². The molecule has 0 aliphatic carbocycles. The summed E-state index contributed by atoms with van der Waals surface area (Å²) in [5, 5.41) is 4.14. The van der Waals surface area contributed by atoms with Crippen molar-refractivity contribution < 1.29 is 13.9 Å². The van der Waals surface area contributed by atoms with E-state index in [1.165, 1.54) is 16.9 Å². The van der Waals surface area contributed by atoms with E-state index in [2.05, 4.69) is 10.1 Å². The lowest BCUT2D eigenvalue weighted by Crippen LogP contribution is -2.15. The summed E-state index contributed by atoms with van der Waals surface area (Å²) in [6.07, 6.45) is 2.53. The molecule has 0 radical (unpaired) electrons. The van der Waals surface area contributed by atoms with Gasteiger partial charge in [0.25, 0.3) is 0 Å². The monoisotopic (exact) mass is 278 g/mol. The SMILES string of the molecule is Cc1nn(CC(=O)OCc2cncc(F)c2)c(C)c1N. The van der Waals surface area contributed by atoms with Crippen molar-refractivity contribution in [1.29, 1.82) is 0 Å². The lowest BCUT2D eigenvalue weighted by molar-refractivity contribution is -0.145. The van der Waals surface area contributed by atoms with Crippen LogP contribution in [0.15, 0.2) is 18.5 Å². The average Bonchev–Trinajstić information content (AvgIpc) is 2.64. The van der Waals surface area contributed by atoms with Crippen LogP contribution < -0.4 is 5.73 Å². The third kappa shape index (κ3) is 3.11. The quantitative estimate of drug-likeness (QED) is 0.854. The zero-order chi connectivity index (χ0) is 14.7. The van der Waals surface area contributed by atoms with Crippen molar-refractivity contribution in [3.8, 4) is 0 Å². The van der Waals surface area contributed by atoms with Gasteiger partial charge in [-0.05, 0) is 19.9 Å². The van der Waals surface area contributed by atoms with Crippen molar-refractivity contribution >= 4 is 11.7 Å². The third-order valence-corrected chi connectivity index (χ3v) is 2.88.